The van der Waals surface area contributed by atoms with Crippen LogP contribution in [0.3, 0.4) is 0 Å². The Balaban J connectivity index is 2.08. The largest absolute Gasteiger partial charge is 0.391 e. The van der Waals surface area contributed by atoms with E-state index >= 15 is 0 Å². The fourth-order valence-corrected chi connectivity index (χ4v) is 2.57. The molecule has 0 aliphatic carbocycles. The van der Waals surface area contributed by atoms with E-state index in [9.17, 15) is 18.3 Å². The van der Waals surface area contributed by atoms with E-state index in [0.29, 0.717) is 30.8 Å². The van der Waals surface area contributed by atoms with Crippen molar-refractivity contribution in [1.29, 1.82) is 0 Å². The third kappa shape index (κ3) is 3.68. The molecular weight excluding hydrogens is 268 g/mol. The molecule has 1 aromatic carbocycles. The molecule has 1 aromatic rings. The van der Waals surface area contributed by atoms with Crippen LogP contribution in [0.15, 0.2) is 24.3 Å². The Morgan fingerprint density at radius 1 is 1.37 bits per heavy atom. The summed E-state index contributed by atoms with van der Waals surface area (Å²) in [4.78, 5) is 13.7. The van der Waals surface area contributed by atoms with Crippen LogP contribution in [-0.4, -0.2) is 49.8 Å². The number of likely N-dealkylation sites (tertiary alicyclic amines) is 1. The zero-order valence-electron chi connectivity index (χ0n) is 10.5. The number of carbonyl (C=O) groups is 1. The van der Waals surface area contributed by atoms with Crippen molar-refractivity contribution < 1.29 is 18.3 Å². The van der Waals surface area contributed by atoms with Gasteiger partial charge in [-0.3, -0.25) is 9.52 Å². The zero-order chi connectivity index (χ0) is 14.0. The number of aliphatic hydroxyl groups is 1. The molecule has 0 bridgehead atoms. The average molecular weight is 284 g/mol. The number of sulfonamides is 1. The monoisotopic (exact) mass is 284 g/mol. The van der Waals surface area contributed by atoms with Crippen LogP contribution in [0.2, 0.25) is 0 Å². The van der Waals surface area contributed by atoms with Gasteiger partial charge in [0.05, 0.1) is 12.4 Å². The zero-order valence-corrected chi connectivity index (χ0v) is 11.4. The molecule has 0 spiro atoms. The van der Waals surface area contributed by atoms with E-state index in [0.717, 1.165) is 6.26 Å². The Morgan fingerprint density at radius 2 is 2.00 bits per heavy atom. The quantitative estimate of drug-likeness (QED) is 0.834. The molecular formula is C12H16N2O4S. The normalized spacial score (nSPS) is 19.5. The standard InChI is InChI=1S/C12H16N2O4S/c1-19(17,18)13-10-4-2-9(3-5-10)12(16)14-7-6-11(15)8-14/h2-5,11,13,15H,6-8H2,1H3/t11-/m0/s1. The minimum atomic E-state index is -3.31. The molecule has 1 heterocycles. The third-order valence-electron chi connectivity index (χ3n) is 2.89. The highest BCUT2D eigenvalue weighted by atomic mass is 32.2. The summed E-state index contributed by atoms with van der Waals surface area (Å²) in [5.41, 5.74) is 0.897. The van der Waals surface area contributed by atoms with Crippen molar-refractivity contribution in [2.24, 2.45) is 0 Å². The van der Waals surface area contributed by atoms with Crippen molar-refractivity contribution in [2.45, 2.75) is 12.5 Å². The van der Waals surface area contributed by atoms with Gasteiger partial charge in [-0.2, -0.15) is 0 Å². The summed E-state index contributed by atoms with van der Waals surface area (Å²) in [5, 5.41) is 9.40. The predicted octanol–water partition coefficient (Wildman–Crippen LogP) is 0.265. The molecule has 0 saturated carbocycles. The second kappa shape index (κ2) is 5.18. The number of benzene rings is 1. The lowest BCUT2D eigenvalue weighted by Gasteiger charge is -2.15. The average Bonchev–Trinajstić information content (AvgIpc) is 2.74. The molecule has 1 saturated heterocycles. The molecule has 2 rings (SSSR count). The summed E-state index contributed by atoms with van der Waals surface area (Å²) in [7, 11) is -3.31. The molecule has 6 nitrogen and oxygen atoms in total. The molecule has 0 aromatic heterocycles. The lowest BCUT2D eigenvalue weighted by molar-refractivity contribution is 0.0765. The van der Waals surface area contributed by atoms with Gasteiger partial charge in [-0.1, -0.05) is 0 Å². The number of β-amino-alcohol motifs (C(OH)–C–C–N with tert-alkyl or cyclic N) is 1. The fourth-order valence-electron chi connectivity index (χ4n) is 2.00. The van der Waals surface area contributed by atoms with Crippen molar-refractivity contribution in [3.05, 3.63) is 29.8 Å². The first-order valence-corrected chi connectivity index (χ1v) is 7.79. The first-order chi connectivity index (χ1) is 8.85. The van der Waals surface area contributed by atoms with Gasteiger partial charge in [0.25, 0.3) is 5.91 Å². The highest BCUT2D eigenvalue weighted by Gasteiger charge is 2.25. The van der Waals surface area contributed by atoms with Gasteiger partial charge >= 0.3 is 0 Å². The topological polar surface area (TPSA) is 86.7 Å². The molecule has 2 N–H and O–H groups in total. The second-order valence-corrected chi connectivity index (χ2v) is 6.39. The van der Waals surface area contributed by atoms with Gasteiger partial charge in [0, 0.05) is 24.3 Å². The summed E-state index contributed by atoms with van der Waals surface area (Å²) in [5.74, 6) is -0.151. The summed E-state index contributed by atoms with van der Waals surface area (Å²) in [6, 6.07) is 6.22. The molecule has 0 unspecified atom stereocenters. The van der Waals surface area contributed by atoms with Crippen LogP contribution in [0.1, 0.15) is 16.8 Å². The number of carbonyl (C=O) groups excluding carboxylic acids is 1. The van der Waals surface area contributed by atoms with Crippen molar-refractivity contribution in [2.75, 3.05) is 24.1 Å². The van der Waals surface area contributed by atoms with Gasteiger partial charge < -0.3 is 10.0 Å². The summed E-state index contributed by atoms with van der Waals surface area (Å²) < 4.78 is 24.4. The highest BCUT2D eigenvalue weighted by molar-refractivity contribution is 7.92. The minimum Gasteiger partial charge on any atom is -0.391 e. The number of hydrogen-bond donors (Lipinski definition) is 2. The van der Waals surface area contributed by atoms with Crippen LogP contribution in [0.25, 0.3) is 0 Å². The third-order valence-corrected chi connectivity index (χ3v) is 3.49. The lowest BCUT2D eigenvalue weighted by Crippen LogP contribution is -2.29. The highest BCUT2D eigenvalue weighted by Crippen LogP contribution is 2.16. The fraction of sp³-hybridized carbons (Fsp3) is 0.417. The SMILES string of the molecule is CS(=O)(=O)Nc1ccc(C(=O)N2CC[C@H](O)C2)cc1. The molecule has 1 aliphatic heterocycles. The Bertz CT molecular complexity index is 568. The second-order valence-electron chi connectivity index (χ2n) is 4.65. The summed E-state index contributed by atoms with van der Waals surface area (Å²) in [6.07, 6.45) is 1.21. The number of nitrogens with zero attached hydrogens (tertiary/aromatic N) is 1. The Labute approximate surface area is 112 Å². The number of anilines is 1. The Hall–Kier alpha value is -1.60. The van der Waals surface area contributed by atoms with Crippen LogP contribution in [0.5, 0.6) is 0 Å². The molecule has 1 atom stereocenters. The van der Waals surface area contributed by atoms with Gasteiger partial charge in [0.15, 0.2) is 0 Å². The van der Waals surface area contributed by atoms with Crippen LogP contribution in [-0.2, 0) is 10.0 Å². The maximum absolute atomic E-state index is 12.1. The molecule has 7 heteroatoms. The van der Waals surface area contributed by atoms with Crippen molar-refractivity contribution in [3.8, 4) is 0 Å². The van der Waals surface area contributed by atoms with E-state index in [1.807, 2.05) is 0 Å². The molecule has 104 valence electrons. The summed E-state index contributed by atoms with van der Waals surface area (Å²) in [6.45, 7) is 0.894. The smallest absolute Gasteiger partial charge is 0.253 e. The summed E-state index contributed by atoms with van der Waals surface area (Å²) >= 11 is 0. The number of amides is 1. The molecule has 0 radical (unpaired) electrons. The first-order valence-electron chi connectivity index (χ1n) is 5.90. The first kappa shape index (κ1) is 13.8. The van der Waals surface area contributed by atoms with Crippen LogP contribution in [0.4, 0.5) is 5.69 Å². The van der Waals surface area contributed by atoms with E-state index in [1.165, 1.54) is 0 Å². The van der Waals surface area contributed by atoms with E-state index in [2.05, 4.69) is 4.72 Å². The van der Waals surface area contributed by atoms with Gasteiger partial charge in [-0.25, -0.2) is 8.42 Å². The molecule has 1 amide bonds. The number of rotatable bonds is 3. The number of aliphatic hydroxyl groups excluding tert-OH is 1. The predicted molar refractivity (Wildman–Crippen MR) is 71.4 cm³/mol. The van der Waals surface area contributed by atoms with Gasteiger partial charge in [0.1, 0.15) is 0 Å². The van der Waals surface area contributed by atoms with Crippen LogP contribution < -0.4 is 4.72 Å². The van der Waals surface area contributed by atoms with Crippen LogP contribution in [0, 0.1) is 0 Å². The van der Waals surface area contributed by atoms with Gasteiger partial charge in [-0.05, 0) is 30.7 Å². The van der Waals surface area contributed by atoms with E-state index < -0.39 is 16.1 Å². The van der Waals surface area contributed by atoms with Gasteiger partial charge in [-0.15, -0.1) is 0 Å². The van der Waals surface area contributed by atoms with Crippen LogP contribution >= 0.6 is 0 Å². The Morgan fingerprint density at radius 3 is 2.47 bits per heavy atom. The lowest BCUT2D eigenvalue weighted by atomic mass is 10.2. The molecule has 1 aliphatic rings. The maximum atomic E-state index is 12.1. The molecule has 1 fully saturated rings. The number of nitrogens with one attached hydrogen (secondary N) is 1. The van der Waals surface area contributed by atoms with E-state index in [4.69, 9.17) is 0 Å². The minimum absolute atomic E-state index is 0.151. The van der Waals surface area contributed by atoms with E-state index in [-0.39, 0.29) is 5.91 Å². The van der Waals surface area contributed by atoms with E-state index in [1.54, 1.807) is 29.2 Å². The van der Waals surface area contributed by atoms with Gasteiger partial charge in [0.2, 0.25) is 10.0 Å². The Kier molecular flexibility index (Phi) is 3.77. The van der Waals surface area contributed by atoms with Crippen molar-refractivity contribution in [1.82, 2.24) is 4.90 Å². The van der Waals surface area contributed by atoms with Crippen molar-refractivity contribution >= 4 is 21.6 Å². The maximum Gasteiger partial charge on any atom is 0.253 e. The van der Waals surface area contributed by atoms with Crippen molar-refractivity contribution in [3.63, 3.8) is 0 Å². The number of hydrogen-bond acceptors (Lipinski definition) is 4. The molecule has 19 heavy (non-hydrogen) atoms.